The Hall–Kier alpha value is -2.20. The number of hydrogen-bond donors (Lipinski definition) is 2. The van der Waals surface area contributed by atoms with Crippen LogP contribution in [0.2, 0.25) is 5.02 Å². The van der Waals surface area contributed by atoms with E-state index in [4.69, 9.17) is 16.3 Å². The fraction of sp³-hybridized carbons (Fsp3) is 0.350. The Balaban J connectivity index is 1.79. The number of halogens is 1. The van der Waals surface area contributed by atoms with Crippen molar-refractivity contribution in [2.75, 3.05) is 5.32 Å². The second kappa shape index (κ2) is 7.36. The van der Waals surface area contributed by atoms with Crippen molar-refractivity contribution in [2.24, 2.45) is 0 Å². The van der Waals surface area contributed by atoms with Gasteiger partial charge in [0.25, 0.3) is 0 Å². The molecule has 0 saturated carbocycles. The van der Waals surface area contributed by atoms with Gasteiger partial charge in [-0.1, -0.05) is 49.7 Å². The monoisotopic (exact) mass is 358 g/mol. The minimum absolute atomic E-state index is 0.0935. The van der Waals surface area contributed by atoms with Crippen LogP contribution in [-0.4, -0.2) is 11.6 Å². The predicted octanol–water partition coefficient (Wildman–Crippen LogP) is 5.54. The van der Waals surface area contributed by atoms with Gasteiger partial charge in [-0.05, 0) is 37.1 Å². The number of nitrogens with one attached hydrogen (secondary N) is 2. The molecule has 25 heavy (non-hydrogen) atoms. The number of anilines is 1. The van der Waals surface area contributed by atoms with Gasteiger partial charge in [0.05, 0.1) is 6.04 Å². The van der Waals surface area contributed by atoms with E-state index in [-0.39, 0.29) is 17.7 Å². The van der Waals surface area contributed by atoms with Crippen molar-refractivity contribution in [3.63, 3.8) is 0 Å². The number of fused-ring (bicyclic) bond motifs is 1. The number of para-hydroxylation sites is 1. The first-order chi connectivity index (χ1) is 12.0. The fourth-order valence-corrected chi connectivity index (χ4v) is 3.51. The van der Waals surface area contributed by atoms with Crippen molar-refractivity contribution in [3.05, 3.63) is 59.1 Å². The highest BCUT2D eigenvalue weighted by atomic mass is 35.5. The average Bonchev–Trinajstić information content (AvgIpc) is 2.61. The van der Waals surface area contributed by atoms with Gasteiger partial charge in [-0.25, -0.2) is 4.79 Å². The first-order valence-corrected chi connectivity index (χ1v) is 9.04. The predicted molar refractivity (Wildman–Crippen MR) is 101 cm³/mol. The molecule has 1 heterocycles. The lowest BCUT2D eigenvalue weighted by Gasteiger charge is -2.41. The summed E-state index contributed by atoms with van der Waals surface area (Å²) in [7, 11) is 0. The van der Waals surface area contributed by atoms with E-state index in [0.717, 1.165) is 30.6 Å². The zero-order valence-corrected chi connectivity index (χ0v) is 15.3. The number of carbonyl (C=O) groups is 1. The lowest BCUT2D eigenvalue weighted by atomic mass is 9.83. The topological polar surface area (TPSA) is 50.4 Å². The molecule has 0 fully saturated rings. The summed E-state index contributed by atoms with van der Waals surface area (Å²) in [5, 5.41) is 6.53. The zero-order chi connectivity index (χ0) is 17.9. The second-order valence-electron chi connectivity index (χ2n) is 6.40. The highest BCUT2D eigenvalue weighted by Crippen LogP contribution is 2.42. The lowest BCUT2D eigenvalue weighted by Crippen LogP contribution is -2.45. The van der Waals surface area contributed by atoms with E-state index < -0.39 is 0 Å². The molecule has 0 aliphatic carbocycles. The number of rotatable bonds is 4. The Labute approximate surface area is 153 Å². The first-order valence-electron chi connectivity index (χ1n) is 8.66. The molecular weight excluding hydrogens is 336 g/mol. The molecule has 0 spiro atoms. The molecule has 1 atom stereocenters. The van der Waals surface area contributed by atoms with E-state index in [1.165, 1.54) is 0 Å². The molecule has 3 rings (SSSR count). The van der Waals surface area contributed by atoms with Gasteiger partial charge in [-0.15, -0.1) is 0 Å². The van der Waals surface area contributed by atoms with Gasteiger partial charge in [0, 0.05) is 22.7 Å². The molecule has 0 aromatic heterocycles. The maximum atomic E-state index is 12.5. The van der Waals surface area contributed by atoms with E-state index in [2.05, 4.69) is 24.5 Å². The SMILES string of the molecule is CCC1(CC)CC(NC(=O)Nc2cccc(Cl)c2)c2ccccc2O1. The summed E-state index contributed by atoms with van der Waals surface area (Å²) in [6.07, 6.45) is 2.54. The summed E-state index contributed by atoms with van der Waals surface area (Å²) in [6.45, 7) is 4.25. The second-order valence-corrected chi connectivity index (χ2v) is 6.83. The molecule has 2 aromatic rings. The number of ether oxygens (including phenoxy) is 1. The van der Waals surface area contributed by atoms with Crippen molar-refractivity contribution in [2.45, 2.75) is 44.8 Å². The van der Waals surface area contributed by atoms with Crippen LogP contribution in [0.3, 0.4) is 0 Å². The molecule has 2 amide bonds. The molecule has 1 aliphatic heterocycles. The quantitative estimate of drug-likeness (QED) is 0.753. The largest absolute Gasteiger partial charge is 0.487 e. The van der Waals surface area contributed by atoms with Crippen molar-refractivity contribution in [3.8, 4) is 5.75 Å². The Morgan fingerprint density at radius 3 is 2.68 bits per heavy atom. The third-order valence-electron chi connectivity index (χ3n) is 4.87. The number of carbonyl (C=O) groups excluding carboxylic acids is 1. The summed E-state index contributed by atoms with van der Waals surface area (Å²) < 4.78 is 6.27. The van der Waals surface area contributed by atoms with Crippen LogP contribution in [0.4, 0.5) is 10.5 Å². The summed E-state index contributed by atoms with van der Waals surface area (Å²) in [5.74, 6) is 0.852. The van der Waals surface area contributed by atoms with E-state index >= 15 is 0 Å². The van der Waals surface area contributed by atoms with Crippen molar-refractivity contribution in [1.82, 2.24) is 5.32 Å². The Bertz CT molecular complexity index is 759. The minimum atomic E-state index is -0.248. The Kier molecular flexibility index (Phi) is 5.19. The maximum absolute atomic E-state index is 12.5. The van der Waals surface area contributed by atoms with Crippen LogP contribution in [0.1, 0.15) is 44.7 Å². The summed E-state index contributed by atoms with van der Waals surface area (Å²) in [5.41, 5.74) is 1.44. The summed E-state index contributed by atoms with van der Waals surface area (Å²) in [6, 6.07) is 14.7. The fourth-order valence-electron chi connectivity index (χ4n) is 3.32. The number of urea groups is 1. The average molecular weight is 359 g/mol. The molecule has 2 N–H and O–H groups in total. The molecule has 1 unspecified atom stereocenters. The summed E-state index contributed by atoms with van der Waals surface area (Å²) in [4.78, 5) is 12.5. The number of amides is 2. The highest BCUT2D eigenvalue weighted by molar-refractivity contribution is 6.30. The number of benzene rings is 2. The molecule has 0 bridgehead atoms. The van der Waals surface area contributed by atoms with Crippen molar-refractivity contribution >= 4 is 23.3 Å². The zero-order valence-electron chi connectivity index (χ0n) is 14.5. The van der Waals surface area contributed by atoms with Gasteiger partial charge in [-0.2, -0.15) is 0 Å². The van der Waals surface area contributed by atoms with Gasteiger partial charge in [-0.3, -0.25) is 0 Å². The molecule has 132 valence electrons. The van der Waals surface area contributed by atoms with E-state index in [9.17, 15) is 4.79 Å². The van der Waals surface area contributed by atoms with Crippen molar-refractivity contribution in [1.29, 1.82) is 0 Å². The van der Waals surface area contributed by atoms with Crippen LogP contribution < -0.4 is 15.4 Å². The van der Waals surface area contributed by atoms with Gasteiger partial charge < -0.3 is 15.4 Å². The molecule has 5 heteroatoms. The molecular formula is C20H23ClN2O2. The smallest absolute Gasteiger partial charge is 0.319 e. The van der Waals surface area contributed by atoms with Crippen LogP contribution in [0.15, 0.2) is 48.5 Å². The van der Waals surface area contributed by atoms with E-state index in [1.807, 2.05) is 30.3 Å². The number of hydrogen-bond acceptors (Lipinski definition) is 2. The third kappa shape index (κ3) is 3.90. The minimum Gasteiger partial charge on any atom is -0.487 e. The van der Waals surface area contributed by atoms with Crippen molar-refractivity contribution < 1.29 is 9.53 Å². The van der Waals surface area contributed by atoms with Gasteiger partial charge in [0.15, 0.2) is 0 Å². The van der Waals surface area contributed by atoms with Crippen LogP contribution in [0, 0.1) is 0 Å². The van der Waals surface area contributed by atoms with Gasteiger partial charge in [0.2, 0.25) is 0 Å². The third-order valence-corrected chi connectivity index (χ3v) is 5.11. The van der Waals surface area contributed by atoms with Gasteiger partial charge in [0.1, 0.15) is 11.4 Å². The lowest BCUT2D eigenvalue weighted by molar-refractivity contribution is 0.0247. The van der Waals surface area contributed by atoms with Crippen LogP contribution in [0.25, 0.3) is 0 Å². The standard InChI is InChI=1S/C20H23ClN2O2/c1-3-20(4-2)13-17(16-10-5-6-11-18(16)25-20)23-19(24)22-15-9-7-8-14(21)12-15/h5-12,17H,3-4,13H2,1-2H3,(H2,22,23,24). The molecule has 4 nitrogen and oxygen atoms in total. The molecule has 2 aromatic carbocycles. The first kappa shape index (κ1) is 17.6. The van der Waals surface area contributed by atoms with Crippen LogP contribution in [0.5, 0.6) is 5.75 Å². The normalized spacial score (nSPS) is 18.0. The van der Waals surface area contributed by atoms with Crippen LogP contribution in [-0.2, 0) is 0 Å². The molecule has 0 radical (unpaired) electrons. The Morgan fingerprint density at radius 2 is 1.96 bits per heavy atom. The summed E-state index contributed by atoms with van der Waals surface area (Å²) >= 11 is 5.97. The van der Waals surface area contributed by atoms with Crippen LogP contribution >= 0.6 is 11.6 Å². The molecule has 0 saturated heterocycles. The van der Waals surface area contributed by atoms with E-state index in [0.29, 0.717) is 10.7 Å². The highest BCUT2D eigenvalue weighted by Gasteiger charge is 2.38. The van der Waals surface area contributed by atoms with E-state index in [1.54, 1.807) is 18.2 Å². The maximum Gasteiger partial charge on any atom is 0.319 e. The molecule has 1 aliphatic rings. The van der Waals surface area contributed by atoms with Gasteiger partial charge >= 0.3 is 6.03 Å². The Morgan fingerprint density at radius 1 is 1.20 bits per heavy atom.